The third kappa shape index (κ3) is 5.39. The third-order valence-electron chi connectivity index (χ3n) is 3.25. The summed E-state index contributed by atoms with van der Waals surface area (Å²) in [5, 5.41) is 2.65. The number of carbonyl (C=O) groups excluding carboxylic acids is 2. The molecule has 0 atom stereocenters. The first-order valence-corrected chi connectivity index (χ1v) is 7.60. The molecule has 126 valence electrons. The first-order chi connectivity index (χ1) is 11.6. The highest BCUT2D eigenvalue weighted by Gasteiger charge is 2.08. The number of rotatable bonds is 7. The van der Waals surface area contributed by atoms with Gasteiger partial charge in [-0.05, 0) is 37.6 Å². The van der Waals surface area contributed by atoms with Gasteiger partial charge in [-0.15, -0.1) is 0 Å². The molecular formula is C18H20N2O4. The lowest BCUT2D eigenvalue weighted by atomic mass is 10.1. The fraction of sp³-hybridized carbons (Fsp3) is 0.278. The molecule has 0 fully saturated rings. The maximum atomic E-state index is 11.7. The van der Waals surface area contributed by atoms with Gasteiger partial charge >= 0.3 is 5.97 Å². The Labute approximate surface area is 140 Å². The molecule has 1 aromatic carbocycles. The number of aryl methyl sites for hydroxylation is 2. The van der Waals surface area contributed by atoms with Crippen molar-refractivity contribution in [2.24, 2.45) is 0 Å². The summed E-state index contributed by atoms with van der Waals surface area (Å²) in [6, 6.07) is 9.06. The predicted molar refractivity (Wildman–Crippen MR) is 88.9 cm³/mol. The quantitative estimate of drug-likeness (QED) is 0.622. The van der Waals surface area contributed by atoms with Crippen LogP contribution in [0.2, 0.25) is 0 Å². The zero-order valence-electron chi connectivity index (χ0n) is 13.7. The Morgan fingerprint density at radius 1 is 1.21 bits per heavy atom. The molecule has 0 radical (unpaired) electrons. The smallest absolute Gasteiger partial charge is 0.344 e. The first kappa shape index (κ1) is 17.5. The van der Waals surface area contributed by atoms with Crippen LogP contribution in [-0.2, 0) is 9.53 Å². The van der Waals surface area contributed by atoms with Gasteiger partial charge in [0.1, 0.15) is 12.4 Å². The van der Waals surface area contributed by atoms with Gasteiger partial charge in [0.15, 0.2) is 6.61 Å². The minimum atomic E-state index is -0.481. The van der Waals surface area contributed by atoms with E-state index < -0.39 is 5.97 Å². The summed E-state index contributed by atoms with van der Waals surface area (Å²) in [5.74, 6) is -0.0845. The average molecular weight is 328 g/mol. The van der Waals surface area contributed by atoms with Crippen LogP contribution < -0.4 is 10.1 Å². The number of amides is 1. The van der Waals surface area contributed by atoms with Crippen molar-refractivity contribution < 1.29 is 19.1 Å². The Morgan fingerprint density at radius 3 is 2.75 bits per heavy atom. The van der Waals surface area contributed by atoms with Crippen molar-refractivity contribution in [3.63, 3.8) is 0 Å². The van der Waals surface area contributed by atoms with Crippen LogP contribution >= 0.6 is 0 Å². The fourth-order valence-corrected chi connectivity index (χ4v) is 2.07. The van der Waals surface area contributed by atoms with E-state index in [0.29, 0.717) is 11.3 Å². The van der Waals surface area contributed by atoms with Gasteiger partial charge in [0, 0.05) is 12.4 Å². The Balaban J connectivity index is 1.65. The van der Waals surface area contributed by atoms with Crippen molar-refractivity contribution in [1.82, 2.24) is 10.3 Å². The Bertz CT molecular complexity index is 701. The molecule has 2 aromatic rings. The van der Waals surface area contributed by atoms with Crippen molar-refractivity contribution in [2.75, 3.05) is 19.8 Å². The number of hydrogen-bond acceptors (Lipinski definition) is 5. The van der Waals surface area contributed by atoms with Crippen LogP contribution in [0.3, 0.4) is 0 Å². The number of esters is 1. The molecule has 1 heterocycles. The fourth-order valence-electron chi connectivity index (χ4n) is 2.07. The normalized spacial score (nSPS) is 10.1. The molecule has 1 amide bonds. The number of aromatic nitrogens is 1. The minimum absolute atomic E-state index is 0.0844. The molecule has 0 aliphatic rings. The van der Waals surface area contributed by atoms with Gasteiger partial charge in [-0.2, -0.15) is 0 Å². The summed E-state index contributed by atoms with van der Waals surface area (Å²) in [4.78, 5) is 27.3. The molecule has 2 rings (SSSR count). The van der Waals surface area contributed by atoms with Crippen LogP contribution in [0, 0.1) is 13.8 Å². The molecule has 0 unspecified atom stereocenters. The van der Waals surface area contributed by atoms with Crippen molar-refractivity contribution in [1.29, 1.82) is 0 Å². The molecule has 0 aliphatic heterocycles. The van der Waals surface area contributed by atoms with Gasteiger partial charge in [0.25, 0.3) is 5.91 Å². The van der Waals surface area contributed by atoms with Crippen molar-refractivity contribution in [2.45, 2.75) is 13.8 Å². The van der Waals surface area contributed by atoms with Crippen molar-refractivity contribution in [3.8, 4) is 5.75 Å². The van der Waals surface area contributed by atoms with Crippen LogP contribution in [0.25, 0.3) is 0 Å². The number of carbonyl (C=O) groups is 2. The van der Waals surface area contributed by atoms with E-state index in [0.717, 1.165) is 11.1 Å². The predicted octanol–water partition coefficient (Wildman–Crippen LogP) is 2.05. The second-order valence-corrected chi connectivity index (χ2v) is 5.28. The highest BCUT2D eigenvalue weighted by Crippen LogP contribution is 2.18. The molecule has 6 nitrogen and oxygen atoms in total. The lowest BCUT2D eigenvalue weighted by molar-refractivity contribution is -0.145. The molecule has 1 aromatic heterocycles. The molecule has 0 saturated carbocycles. The summed E-state index contributed by atoms with van der Waals surface area (Å²) in [6.45, 7) is 4.05. The van der Waals surface area contributed by atoms with E-state index >= 15 is 0 Å². The maximum Gasteiger partial charge on any atom is 0.344 e. The average Bonchev–Trinajstić information content (AvgIpc) is 2.58. The Hall–Kier alpha value is -2.89. The molecule has 24 heavy (non-hydrogen) atoms. The van der Waals surface area contributed by atoms with Gasteiger partial charge in [0.05, 0.1) is 12.1 Å². The summed E-state index contributed by atoms with van der Waals surface area (Å²) in [6.07, 6.45) is 3.06. The lowest BCUT2D eigenvalue weighted by Gasteiger charge is -2.10. The number of nitrogens with one attached hydrogen (secondary N) is 1. The molecule has 0 spiro atoms. The standard InChI is InChI=1S/C18H20N2O4/c1-13-5-6-16(14(2)10-13)24-12-17(21)23-9-8-20-18(22)15-4-3-7-19-11-15/h3-7,10-11H,8-9,12H2,1-2H3,(H,20,22). The Morgan fingerprint density at radius 2 is 2.04 bits per heavy atom. The van der Waals surface area contributed by atoms with Crippen LogP contribution in [0.1, 0.15) is 21.5 Å². The van der Waals surface area contributed by atoms with Crippen molar-refractivity contribution in [3.05, 3.63) is 59.4 Å². The van der Waals surface area contributed by atoms with Crippen LogP contribution in [-0.4, -0.2) is 36.6 Å². The van der Waals surface area contributed by atoms with E-state index in [-0.39, 0.29) is 25.7 Å². The lowest BCUT2D eigenvalue weighted by Crippen LogP contribution is -2.29. The zero-order valence-corrected chi connectivity index (χ0v) is 13.7. The Kier molecular flexibility index (Phi) is 6.31. The van der Waals surface area contributed by atoms with Gasteiger partial charge in [-0.1, -0.05) is 17.7 Å². The SMILES string of the molecule is Cc1ccc(OCC(=O)OCCNC(=O)c2cccnc2)c(C)c1. The molecule has 0 aliphatic carbocycles. The van der Waals surface area contributed by atoms with Gasteiger partial charge in [-0.25, -0.2) is 4.79 Å². The topological polar surface area (TPSA) is 77.5 Å². The summed E-state index contributed by atoms with van der Waals surface area (Å²) >= 11 is 0. The first-order valence-electron chi connectivity index (χ1n) is 7.60. The van der Waals surface area contributed by atoms with Crippen LogP contribution in [0.5, 0.6) is 5.75 Å². The second kappa shape index (κ2) is 8.67. The van der Waals surface area contributed by atoms with E-state index in [4.69, 9.17) is 9.47 Å². The molecule has 0 saturated heterocycles. The van der Waals surface area contributed by atoms with Crippen molar-refractivity contribution >= 4 is 11.9 Å². The molecule has 6 heteroatoms. The number of pyridine rings is 1. The molecule has 1 N–H and O–H groups in total. The van der Waals surface area contributed by atoms with E-state index in [1.165, 1.54) is 6.20 Å². The number of nitrogens with zero attached hydrogens (tertiary/aromatic N) is 1. The highest BCUT2D eigenvalue weighted by atomic mass is 16.6. The van der Waals surface area contributed by atoms with Gasteiger partial charge in [-0.3, -0.25) is 9.78 Å². The van der Waals surface area contributed by atoms with E-state index in [2.05, 4.69) is 10.3 Å². The maximum absolute atomic E-state index is 11.7. The molecular weight excluding hydrogens is 308 g/mol. The summed E-state index contributed by atoms with van der Waals surface area (Å²) in [5.41, 5.74) is 2.56. The van der Waals surface area contributed by atoms with E-state index in [1.54, 1.807) is 18.3 Å². The van der Waals surface area contributed by atoms with Gasteiger partial charge < -0.3 is 14.8 Å². The largest absolute Gasteiger partial charge is 0.482 e. The van der Waals surface area contributed by atoms with Crippen LogP contribution in [0.4, 0.5) is 0 Å². The summed E-state index contributed by atoms with van der Waals surface area (Å²) < 4.78 is 10.5. The third-order valence-corrected chi connectivity index (χ3v) is 3.25. The molecule has 0 bridgehead atoms. The summed E-state index contributed by atoms with van der Waals surface area (Å²) in [7, 11) is 0. The van der Waals surface area contributed by atoms with Crippen LogP contribution in [0.15, 0.2) is 42.7 Å². The van der Waals surface area contributed by atoms with E-state index in [1.807, 2.05) is 32.0 Å². The highest BCUT2D eigenvalue weighted by molar-refractivity contribution is 5.93. The zero-order chi connectivity index (χ0) is 17.4. The number of ether oxygens (including phenoxy) is 2. The minimum Gasteiger partial charge on any atom is -0.482 e. The number of benzene rings is 1. The monoisotopic (exact) mass is 328 g/mol. The van der Waals surface area contributed by atoms with Gasteiger partial charge in [0.2, 0.25) is 0 Å². The number of hydrogen-bond donors (Lipinski definition) is 1. The van der Waals surface area contributed by atoms with E-state index in [9.17, 15) is 9.59 Å². The second-order valence-electron chi connectivity index (χ2n) is 5.28.